The Morgan fingerprint density at radius 1 is 1.47 bits per heavy atom. The Kier molecular flexibility index (Phi) is 4.02. The van der Waals surface area contributed by atoms with Gasteiger partial charge in [-0.3, -0.25) is 4.79 Å². The molecule has 0 spiro atoms. The molecule has 0 radical (unpaired) electrons. The first-order valence-electron chi connectivity index (χ1n) is 6.27. The van der Waals surface area contributed by atoms with Gasteiger partial charge in [0.25, 0.3) is 0 Å². The Bertz CT molecular complexity index is 390. The lowest BCUT2D eigenvalue weighted by molar-refractivity contribution is -0.121. The average Bonchev–Trinajstić information content (AvgIpc) is 2.36. The van der Waals surface area contributed by atoms with Crippen molar-refractivity contribution in [3.8, 4) is 5.75 Å². The number of hydrogen-bond acceptors (Lipinski definition) is 2. The third-order valence-electron chi connectivity index (χ3n) is 3.02. The number of hydrogen-bond donors (Lipinski definition) is 1. The molecule has 3 heteroatoms. The number of amides is 1. The van der Waals surface area contributed by atoms with E-state index in [4.69, 9.17) is 4.74 Å². The Morgan fingerprint density at radius 2 is 2.29 bits per heavy atom. The van der Waals surface area contributed by atoms with Gasteiger partial charge in [-0.1, -0.05) is 25.1 Å². The molecule has 1 aromatic carbocycles. The van der Waals surface area contributed by atoms with Gasteiger partial charge in [0.05, 0.1) is 6.61 Å². The number of ether oxygens (including phenoxy) is 1. The van der Waals surface area contributed by atoms with Gasteiger partial charge in [0.1, 0.15) is 5.75 Å². The quantitative estimate of drug-likeness (QED) is 0.865. The van der Waals surface area contributed by atoms with E-state index in [1.165, 1.54) is 5.56 Å². The second-order valence-electron chi connectivity index (χ2n) is 4.54. The predicted molar refractivity (Wildman–Crippen MR) is 67.0 cm³/mol. The highest BCUT2D eigenvalue weighted by Gasteiger charge is 2.19. The van der Waals surface area contributed by atoms with Gasteiger partial charge >= 0.3 is 0 Å². The summed E-state index contributed by atoms with van der Waals surface area (Å²) in [5, 5.41) is 2.97. The number of rotatable bonds is 4. The molecule has 1 aromatic rings. The van der Waals surface area contributed by atoms with E-state index >= 15 is 0 Å². The smallest absolute Gasteiger partial charge is 0.219 e. The van der Waals surface area contributed by atoms with Gasteiger partial charge in [-0.05, 0) is 24.5 Å². The summed E-state index contributed by atoms with van der Waals surface area (Å²) in [6, 6.07) is 8.11. The normalized spacial score (nSPS) is 18.1. The first kappa shape index (κ1) is 12.0. The van der Waals surface area contributed by atoms with Crippen molar-refractivity contribution in [3.63, 3.8) is 0 Å². The maximum Gasteiger partial charge on any atom is 0.219 e. The van der Waals surface area contributed by atoms with Gasteiger partial charge in [0.2, 0.25) is 5.91 Å². The number of fused-ring (bicyclic) bond motifs is 1. The lowest BCUT2D eigenvalue weighted by atomic mass is 9.97. The molecule has 2 rings (SSSR count). The molecule has 1 atom stereocenters. The standard InChI is InChI=1S/C14H19NO2/c1-2-5-14(16)15-9-11-8-12-6-3-4-7-13(12)17-10-11/h3-4,6-7,11H,2,5,8-10H2,1H3,(H,15,16). The molecule has 0 bridgehead atoms. The zero-order chi connectivity index (χ0) is 12.1. The van der Waals surface area contributed by atoms with E-state index in [2.05, 4.69) is 11.4 Å². The largest absolute Gasteiger partial charge is 0.493 e. The number of carbonyl (C=O) groups is 1. The monoisotopic (exact) mass is 233 g/mol. The number of nitrogens with one attached hydrogen (secondary N) is 1. The van der Waals surface area contributed by atoms with Crippen LogP contribution in [0.3, 0.4) is 0 Å². The van der Waals surface area contributed by atoms with E-state index in [1.54, 1.807) is 0 Å². The van der Waals surface area contributed by atoms with Crippen molar-refractivity contribution in [2.24, 2.45) is 5.92 Å². The summed E-state index contributed by atoms with van der Waals surface area (Å²) in [4.78, 5) is 11.4. The minimum atomic E-state index is 0.145. The topological polar surface area (TPSA) is 38.3 Å². The van der Waals surface area contributed by atoms with E-state index in [1.807, 2.05) is 25.1 Å². The Hall–Kier alpha value is -1.51. The van der Waals surface area contributed by atoms with E-state index in [0.29, 0.717) is 25.5 Å². The molecule has 1 aliphatic heterocycles. The molecule has 0 aliphatic carbocycles. The van der Waals surface area contributed by atoms with Crippen LogP contribution < -0.4 is 10.1 Å². The van der Waals surface area contributed by atoms with Crippen LogP contribution in [0.1, 0.15) is 25.3 Å². The maximum absolute atomic E-state index is 11.4. The van der Waals surface area contributed by atoms with Crippen molar-refractivity contribution in [3.05, 3.63) is 29.8 Å². The van der Waals surface area contributed by atoms with Crippen LogP contribution in [0.15, 0.2) is 24.3 Å². The highest BCUT2D eigenvalue weighted by Crippen LogP contribution is 2.26. The van der Waals surface area contributed by atoms with Crippen LogP contribution in [-0.2, 0) is 11.2 Å². The molecule has 3 nitrogen and oxygen atoms in total. The van der Waals surface area contributed by atoms with Crippen LogP contribution in [0.5, 0.6) is 5.75 Å². The van der Waals surface area contributed by atoms with Crippen LogP contribution in [0.4, 0.5) is 0 Å². The minimum Gasteiger partial charge on any atom is -0.493 e. The molecular weight excluding hydrogens is 214 g/mol. The molecule has 0 fully saturated rings. The van der Waals surface area contributed by atoms with E-state index in [-0.39, 0.29) is 5.91 Å². The van der Waals surface area contributed by atoms with Crippen molar-refractivity contribution in [2.45, 2.75) is 26.2 Å². The molecule has 1 unspecified atom stereocenters. The number of benzene rings is 1. The first-order chi connectivity index (χ1) is 8.29. The van der Waals surface area contributed by atoms with Gasteiger partial charge in [-0.25, -0.2) is 0 Å². The average molecular weight is 233 g/mol. The first-order valence-corrected chi connectivity index (χ1v) is 6.27. The fourth-order valence-corrected chi connectivity index (χ4v) is 2.10. The van der Waals surface area contributed by atoms with Crippen molar-refractivity contribution in [1.82, 2.24) is 5.32 Å². The summed E-state index contributed by atoms with van der Waals surface area (Å²) >= 11 is 0. The second kappa shape index (κ2) is 5.71. The lowest BCUT2D eigenvalue weighted by Gasteiger charge is -2.25. The third-order valence-corrected chi connectivity index (χ3v) is 3.02. The predicted octanol–water partition coefficient (Wildman–Crippen LogP) is 2.15. The number of para-hydroxylation sites is 1. The molecule has 17 heavy (non-hydrogen) atoms. The fraction of sp³-hybridized carbons (Fsp3) is 0.500. The molecular formula is C14H19NO2. The van der Waals surface area contributed by atoms with E-state index in [9.17, 15) is 4.79 Å². The summed E-state index contributed by atoms with van der Waals surface area (Å²) in [6.07, 6.45) is 2.50. The minimum absolute atomic E-state index is 0.145. The van der Waals surface area contributed by atoms with Crippen LogP contribution >= 0.6 is 0 Å². The fourth-order valence-electron chi connectivity index (χ4n) is 2.10. The SMILES string of the molecule is CCCC(=O)NCC1COc2ccccc2C1. The Balaban J connectivity index is 1.84. The van der Waals surface area contributed by atoms with E-state index < -0.39 is 0 Å². The van der Waals surface area contributed by atoms with Crippen LogP contribution in [0, 0.1) is 5.92 Å². The van der Waals surface area contributed by atoms with Crippen LogP contribution in [-0.4, -0.2) is 19.1 Å². The Labute approximate surface area is 102 Å². The van der Waals surface area contributed by atoms with Crippen molar-refractivity contribution >= 4 is 5.91 Å². The van der Waals surface area contributed by atoms with Crippen molar-refractivity contribution < 1.29 is 9.53 Å². The van der Waals surface area contributed by atoms with Crippen molar-refractivity contribution in [2.75, 3.05) is 13.2 Å². The maximum atomic E-state index is 11.4. The summed E-state index contributed by atoms with van der Waals surface area (Å²) in [5.41, 5.74) is 1.24. The van der Waals surface area contributed by atoms with Crippen LogP contribution in [0.2, 0.25) is 0 Å². The summed E-state index contributed by atoms with van der Waals surface area (Å²) in [6.45, 7) is 3.43. The van der Waals surface area contributed by atoms with Gasteiger partial charge in [-0.2, -0.15) is 0 Å². The molecule has 0 aromatic heterocycles. The van der Waals surface area contributed by atoms with E-state index in [0.717, 1.165) is 18.6 Å². The second-order valence-corrected chi connectivity index (χ2v) is 4.54. The van der Waals surface area contributed by atoms with Gasteiger partial charge < -0.3 is 10.1 Å². The molecule has 92 valence electrons. The Morgan fingerprint density at radius 3 is 3.12 bits per heavy atom. The highest BCUT2D eigenvalue weighted by molar-refractivity contribution is 5.75. The zero-order valence-corrected chi connectivity index (χ0v) is 10.2. The molecule has 1 aliphatic rings. The third kappa shape index (κ3) is 3.22. The summed E-state index contributed by atoms with van der Waals surface area (Å²) < 4.78 is 5.68. The molecule has 1 heterocycles. The van der Waals surface area contributed by atoms with Gasteiger partial charge in [0.15, 0.2) is 0 Å². The zero-order valence-electron chi connectivity index (χ0n) is 10.2. The highest BCUT2D eigenvalue weighted by atomic mass is 16.5. The summed E-state index contributed by atoms with van der Waals surface area (Å²) in [5.74, 6) is 1.53. The van der Waals surface area contributed by atoms with Crippen molar-refractivity contribution in [1.29, 1.82) is 0 Å². The number of carbonyl (C=O) groups excluding carboxylic acids is 1. The lowest BCUT2D eigenvalue weighted by Crippen LogP contribution is -2.34. The van der Waals surface area contributed by atoms with Gasteiger partial charge in [-0.15, -0.1) is 0 Å². The van der Waals surface area contributed by atoms with Gasteiger partial charge in [0, 0.05) is 18.9 Å². The molecule has 0 saturated carbocycles. The molecule has 0 saturated heterocycles. The summed E-state index contributed by atoms with van der Waals surface area (Å²) in [7, 11) is 0. The molecule has 1 amide bonds. The van der Waals surface area contributed by atoms with Crippen LogP contribution in [0.25, 0.3) is 0 Å². The molecule has 1 N–H and O–H groups in total.